The first-order chi connectivity index (χ1) is 11.8. The predicted octanol–water partition coefficient (Wildman–Crippen LogP) is 1.80. The molecule has 0 saturated heterocycles. The van der Waals surface area contributed by atoms with Gasteiger partial charge in [0.2, 0.25) is 15.4 Å². The first-order valence-corrected chi connectivity index (χ1v) is 9.92. The van der Waals surface area contributed by atoms with Gasteiger partial charge < -0.3 is 10.1 Å². The molecule has 0 aliphatic heterocycles. The van der Waals surface area contributed by atoms with Crippen LogP contribution >= 0.6 is 11.3 Å². The lowest BCUT2D eigenvalue weighted by Gasteiger charge is -2.09. The zero-order valence-electron chi connectivity index (χ0n) is 14.1. The lowest BCUT2D eigenvalue weighted by Crippen LogP contribution is -2.28. The number of carbonyl (C=O) groups excluding carboxylic acids is 1. The van der Waals surface area contributed by atoms with Gasteiger partial charge in [-0.25, -0.2) is 13.1 Å². The molecular weight excluding hydrogens is 364 g/mol. The zero-order valence-corrected chi connectivity index (χ0v) is 15.8. The van der Waals surface area contributed by atoms with E-state index in [0.717, 1.165) is 16.9 Å². The molecule has 0 radical (unpaired) electrons. The molecule has 1 aromatic heterocycles. The molecule has 2 N–H and O–H groups in total. The van der Waals surface area contributed by atoms with Crippen LogP contribution in [0.2, 0.25) is 0 Å². The number of aryl methyl sites for hydroxylation is 1. The first kappa shape index (κ1) is 19.3. The fourth-order valence-electron chi connectivity index (χ4n) is 1.74. The highest BCUT2D eigenvalue weighted by Gasteiger charge is 2.21. The number of carbonyl (C=O) groups is 1. The van der Waals surface area contributed by atoms with Crippen molar-refractivity contribution in [3.63, 3.8) is 0 Å². The summed E-state index contributed by atoms with van der Waals surface area (Å²) in [5.74, 6) is 0.219. The van der Waals surface area contributed by atoms with Crippen molar-refractivity contribution < 1.29 is 17.9 Å². The number of nitrogens with zero attached hydrogens (tertiary/aromatic N) is 2. The van der Waals surface area contributed by atoms with E-state index in [1.807, 2.05) is 31.2 Å². The molecule has 2 rings (SSSR count). The van der Waals surface area contributed by atoms with Crippen molar-refractivity contribution in [1.82, 2.24) is 14.9 Å². The summed E-state index contributed by atoms with van der Waals surface area (Å²) in [7, 11) is -3.80. The van der Waals surface area contributed by atoms with Gasteiger partial charge in [0, 0.05) is 12.5 Å². The van der Waals surface area contributed by atoms with Gasteiger partial charge in [-0.3, -0.25) is 4.79 Å². The smallest absolute Gasteiger partial charge is 0.269 e. The molecule has 0 aliphatic carbocycles. The molecule has 1 amide bonds. The molecule has 136 valence electrons. The summed E-state index contributed by atoms with van der Waals surface area (Å²) in [6, 6.07) is 7.47. The van der Waals surface area contributed by atoms with Crippen molar-refractivity contribution in [3.8, 4) is 5.75 Å². The number of nitrogens with one attached hydrogen (secondary N) is 2. The van der Waals surface area contributed by atoms with Crippen LogP contribution < -0.4 is 14.8 Å². The second-order valence-corrected chi connectivity index (χ2v) is 8.45. The molecule has 0 atom stereocenters. The van der Waals surface area contributed by atoms with Crippen molar-refractivity contribution in [2.75, 3.05) is 18.5 Å². The summed E-state index contributed by atoms with van der Waals surface area (Å²) in [4.78, 5) is 11.6. The predicted molar refractivity (Wildman–Crippen MR) is 95.2 cm³/mol. The molecule has 0 bridgehead atoms. The van der Waals surface area contributed by atoms with Crippen LogP contribution in [0.25, 0.3) is 0 Å². The number of sulfonamides is 1. The van der Waals surface area contributed by atoms with E-state index >= 15 is 0 Å². The van der Waals surface area contributed by atoms with Gasteiger partial charge in [-0.15, -0.1) is 10.2 Å². The fourth-order valence-corrected chi connectivity index (χ4v) is 3.69. The minimum absolute atomic E-state index is 0.0872. The van der Waals surface area contributed by atoms with Crippen LogP contribution in [0.4, 0.5) is 5.13 Å². The monoisotopic (exact) mass is 384 g/mol. The van der Waals surface area contributed by atoms with Gasteiger partial charge in [-0.2, -0.15) is 0 Å². The number of rotatable bonds is 8. The summed E-state index contributed by atoms with van der Waals surface area (Å²) in [6.07, 6.45) is 0. The number of aromatic nitrogens is 2. The number of ether oxygens (including phenoxy) is 1. The Bertz CT molecular complexity index is 834. The Hall–Kier alpha value is -2.04. The number of para-hydroxylation sites is 1. The van der Waals surface area contributed by atoms with E-state index in [9.17, 15) is 13.2 Å². The molecule has 10 heteroatoms. The Morgan fingerprint density at radius 3 is 2.68 bits per heavy atom. The molecule has 2 aromatic rings. The van der Waals surface area contributed by atoms with Crippen LogP contribution in [0.15, 0.2) is 28.6 Å². The highest BCUT2D eigenvalue weighted by Crippen LogP contribution is 2.20. The van der Waals surface area contributed by atoms with E-state index in [1.54, 1.807) is 13.8 Å². The third kappa shape index (κ3) is 5.48. The highest BCUT2D eigenvalue weighted by atomic mass is 32.2. The quantitative estimate of drug-likeness (QED) is 0.530. The fraction of sp³-hybridized carbons (Fsp3) is 0.400. The van der Waals surface area contributed by atoms with E-state index in [0.29, 0.717) is 5.75 Å². The Labute approximate surface area is 150 Å². The molecular formula is C15H20N4O4S2. The van der Waals surface area contributed by atoms with Crippen LogP contribution in [0.5, 0.6) is 5.75 Å². The number of hydrogen-bond acceptors (Lipinski definition) is 7. The van der Waals surface area contributed by atoms with Gasteiger partial charge in [0.25, 0.3) is 10.0 Å². The molecule has 0 fully saturated rings. The highest BCUT2D eigenvalue weighted by molar-refractivity contribution is 7.91. The Kier molecular flexibility index (Phi) is 6.45. The topological polar surface area (TPSA) is 110 Å². The third-order valence-electron chi connectivity index (χ3n) is 3.14. The third-order valence-corrected chi connectivity index (χ3v) is 5.80. The van der Waals surface area contributed by atoms with Gasteiger partial charge >= 0.3 is 0 Å². The Morgan fingerprint density at radius 2 is 2.00 bits per heavy atom. The molecule has 0 aliphatic rings. The van der Waals surface area contributed by atoms with E-state index < -0.39 is 10.0 Å². The second-order valence-electron chi connectivity index (χ2n) is 5.53. The maximum absolute atomic E-state index is 12.2. The number of anilines is 1. The van der Waals surface area contributed by atoms with Crippen LogP contribution in [-0.2, 0) is 14.8 Å². The first-order valence-electron chi connectivity index (χ1n) is 7.62. The molecule has 1 aromatic carbocycles. The van der Waals surface area contributed by atoms with Crippen molar-refractivity contribution in [1.29, 1.82) is 0 Å². The van der Waals surface area contributed by atoms with Crippen LogP contribution in [0, 0.1) is 12.8 Å². The van der Waals surface area contributed by atoms with Crippen molar-refractivity contribution in [2.45, 2.75) is 25.1 Å². The van der Waals surface area contributed by atoms with E-state index in [4.69, 9.17) is 4.74 Å². The molecule has 8 nitrogen and oxygen atoms in total. The van der Waals surface area contributed by atoms with Gasteiger partial charge in [0.15, 0.2) is 0 Å². The van der Waals surface area contributed by atoms with Crippen LogP contribution in [0.1, 0.15) is 19.4 Å². The van der Waals surface area contributed by atoms with Gasteiger partial charge in [0.05, 0.1) is 0 Å². The molecule has 1 heterocycles. The van der Waals surface area contributed by atoms with Gasteiger partial charge in [0.1, 0.15) is 12.4 Å². The second kappa shape index (κ2) is 8.37. The average Bonchev–Trinajstić information content (AvgIpc) is 3.02. The van der Waals surface area contributed by atoms with E-state index in [1.165, 1.54) is 0 Å². The molecule has 0 spiro atoms. The minimum Gasteiger partial charge on any atom is -0.492 e. The van der Waals surface area contributed by atoms with Crippen molar-refractivity contribution in [3.05, 3.63) is 29.8 Å². The van der Waals surface area contributed by atoms with Crippen molar-refractivity contribution >= 4 is 32.4 Å². The zero-order chi connectivity index (χ0) is 18.4. The Morgan fingerprint density at radius 1 is 1.28 bits per heavy atom. The van der Waals surface area contributed by atoms with E-state index in [-0.39, 0.29) is 34.4 Å². The van der Waals surface area contributed by atoms with Gasteiger partial charge in [-0.1, -0.05) is 43.4 Å². The maximum Gasteiger partial charge on any atom is 0.269 e. The standard InChI is InChI=1S/C15H20N4O4S2/c1-10(2)13(20)17-14-18-19-15(24-14)25(21,22)16-8-9-23-12-7-5-4-6-11(12)3/h4-7,10,16H,8-9H2,1-3H3,(H,17,18,20). The number of benzene rings is 1. The SMILES string of the molecule is Cc1ccccc1OCCNS(=O)(=O)c1nnc(NC(=O)C(C)C)s1. The summed E-state index contributed by atoms with van der Waals surface area (Å²) >= 11 is 0.797. The minimum atomic E-state index is -3.80. The molecule has 25 heavy (non-hydrogen) atoms. The lowest BCUT2D eigenvalue weighted by molar-refractivity contribution is -0.118. The summed E-state index contributed by atoms with van der Waals surface area (Å²) in [6.45, 7) is 5.63. The summed E-state index contributed by atoms with van der Waals surface area (Å²) in [5, 5.41) is 9.96. The Balaban J connectivity index is 1.88. The average molecular weight is 384 g/mol. The number of amides is 1. The summed E-state index contributed by atoms with van der Waals surface area (Å²) < 4.78 is 32.1. The van der Waals surface area contributed by atoms with E-state index in [2.05, 4.69) is 20.2 Å². The van der Waals surface area contributed by atoms with Gasteiger partial charge in [-0.05, 0) is 18.6 Å². The molecule has 0 unspecified atom stereocenters. The number of hydrogen-bond donors (Lipinski definition) is 2. The lowest BCUT2D eigenvalue weighted by atomic mass is 10.2. The summed E-state index contributed by atoms with van der Waals surface area (Å²) in [5.41, 5.74) is 0.972. The van der Waals surface area contributed by atoms with Crippen molar-refractivity contribution in [2.24, 2.45) is 5.92 Å². The largest absolute Gasteiger partial charge is 0.492 e. The van der Waals surface area contributed by atoms with Crippen LogP contribution in [-0.4, -0.2) is 37.7 Å². The normalized spacial score (nSPS) is 11.5. The maximum atomic E-state index is 12.2. The van der Waals surface area contributed by atoms with Crippen LogP contribution in [0.3, 0.4) is 0 Å². The molecule has 0 saturated carbocycles.